The molecule has 0 atom stereocenters. The van der Waals surface area contributed by atoms with E-state index in [9.17, 15) is 9.59 Å². The van der Waals surface area contributed by atoms with Crippen molar-refractivity contribution in [2.75, 3.05) is 0 Å². The number of carbonyl (C=O) groups is 2. The topological polar surface area (TPSA) is 34.1 Å². The van der Waals surface area contributed by atoms with Gasteiger partial charge in [0.15, 0.2) is 0 Å². The fourth-order valence-corrected chi connectivity index (χ4v) is 9.34. The second-order valence-electron chi connectivity index (χ2n) is 8.59. The Morgan fingerprint density at radius 3 is 1.07 bits per heavy atom. The van der Waals surface area contributed by atoms with Crippen LogP contribution in [0.5, 0.6) is 0 Å². The van der Waals surface area contributed by atoms with Crippen molar-refractivity contribution in [1.82, 2.24) is 0 Å². The molecular weight excluding hydrogens is 665 g/mol. The molecule has 0 N–H and O–H groups in total. The normalized spacial score (nSPS) is 13.0. The van der Waals surface area contributed by atoms with Gasteiger partial charge in [0.2, 0.25) is 0 Å². The molecule has 0 saturated heterocycles. The zero-order valence-electron chi connectivity index (χ0n) is 21.8. The molecule has 0 amide bonds. The molecule has 209 valence electrons. The monoisotopic (exact) mass is 689 g/mol. The van der Waals surface area contributed by atoms with Gasteiger partial charge in [-0.25, -0.2) is 0 Å². The van der Waals surface area contributed by atoms with Crippen LogP contribution in [0.4, 0.5) is 0 Å². The summed E-state index contributed by atoms with van der Waals surface area (Å²) in [6, 6.07) is 37.6. The van der Waals surface area contributed by atoms with E-state index in [0.717, 1.165) is 22.3 Å². The van der Waals surface area contributed by atoms with Crippen LogP contribution < -0.4 is 0 Å². The fraction of sp³-hybridized carbons (Fsp3) is 0.0286. The predicted molar refractivity (Wildman–Crippen MR) is 170 cm³/mol. The zero-order valence-corrected chi connectivity index (χ0v) is 25.6. The number of carbonyl (C=O) groups excluding carboxylic acids is 2. The number of benzene rings is 4. The summed E-state index contributed by atoms with van der Waals surface area (Å²) in [7, 11) is 0. The Hall–Kier alpha value is -3.29. The Morgan fingerprint density at radius 2 is 0.780 bits per heavy atom. The summed E-state index contributed by atoms with van der Waals surface area (Å²) in [6.07, 6.45) is 9.85. The van der Waals surface area contributed by atoms with Crippen molar-refractivity contribution in [1.29, 1.82) is 0 Å². The van der Waals surface area contributed by atoms with Crippen molar-refractivity contribution in [2.45, 2.75) is 2.27 Å². The molecule has 6 heteroatoms. The molecule has 0 aliphatic heterocycles. The van der Waals surface area contributed by atoms with Crippen molar-refractivity contribution in [3.63, 3.8) is 0 Å². The van der Waals surface area contributed by atoms with Gasteiger partial charge < -0.3 is 0 Å². The van der Waals surface area contributed by atoms with Crippen LogP contribution in [-0.4, -0.2) is 13.8 Å². The van der Waals surface area contributed by atoms with Crippen molar-refractivity contribution in [2.24, 2.45) is 0 Å². The molecule has 2 nitrogen and oxygen atoms in total. The van der Waals surface area contributed by atoms with Crippen molar-refractivity contribution >= 4 is 70.7 Å². The molecular formula is C35H26Cl3O2Pd. The fourth-order valence-electron chi connectivity index (χ4n) is 3.67. The molecule has 0 unspecified atom stereocenters. The molecule has 0 bridgehead atoms. The Morgan fingerprint density at radius 1 is 0.488 bits per heavy atom. The first-order valence-corrected chi connectivity index (χ1v) is 16.0. The second kappa shape index (κ2) is 15.1. The van der Waals surface area contributed by atoms with Gasteiger partial charge in [-0.2, -0.15) is 0 Å². The van der Waals surface area contributed by atoms with E-state index >= 15 is 0 Å². The third-order valence-electron chi connectivity index (χ3n) is 5.58. The average Bonchev–Trinajstić information content (AvgIpc) is 2.99. The third-order valence-corrected chi connectivity index (χ3v) is 11.5. The van der Waals surface area contributed by atoms with Crippen LogP contribution in [0.15, 0.2) is 142 Å². The summed E-state index contributed by atoms with van der Waals surface area (Å²) in [5.41, 5.74) is 3.23. The Bertz CT molecular complexity index is 1460. The van der Waals surface area contributed by atoms with Crippen LogP contribution in [0, 0.1) is 0 Å². The van der Waals surface area contributed by atoms with Crippen molar-refractivity contribution in [3.05, 3.63) is 164 Å². The van der Waals surface area contributed by atoms with Crippen LogP contribution in [0.2, 0.25) is 0 Å². The SMILES string of the molecule is O=C(C=Cc1ccccc1)[C](=Cc1ccccc1)[Pd]([C](=Cc1ccccc1)C(=O)C=Cc1ccccc1)[C](Cl)(Cl)Cl. The number of hydrogen-bond donors (Lipinski definition) is 0. The van der Waals surface area contributed by atoms with E-state index < -0.39 is 19.0 Å². The van der Waals surface area contributed by atoms with E-state index in [-0.39, 0.29) is 19.7 Å². The van der Waals surface area contributed by atoms with E-state index in [1.54, 1.807) is 24.3 Å². The molecule has 0 saturated carbocycles. The first kappa shape index (κ1) is 30.7. The Kier molecular flexibility index (Phi) is 11.3. The maximum absolute atomic E-state index is 13.9. The number of halogens is 3. The number of ketones is 2. The summed E-state index contributed by atoms with van der Waals surface area (Å²) in [6.45, 7) is 0. The third kappa shape index (κ3) is 9.37. The molecule has 0 spiro atoms. The van der Waals surface area contributed by atoms with Gasteiger partial charge in [-0.1, -0.05) is 0 Å². The number of hydrogen-bond acceptors (Lipinski definition) is 2. The predicted octanol–water partition coefficient (Wildman–Crippen LogP) is 9.58. The van der Waals surface area contributed by atoms with Gasteiger partial charge >= 0.3 is 263 Å². The van der Waals surface area contributed by atoms with E-state index in [1.165, 1.54) is 12.2 Å². The molecule has 0 aromatic heterocycles. The molecule has 0 aliphatic rings. The molecule has 0 heterocycles. The van der Waals surface area contributed by atoms with E-state index in [1.807, 2.05) is 121 Å². The first-order valence-electron chi connectivity index (χ1n) is 12.6. The van der Waals surface area contributed by atoms with Gasteiger partial charge in [-0.3, -0.25) is 0 Å². The van der Waals surface area contributed by atoms with Crippen LogP contribution >= 0.6 is 34.8 Å². The number of rotatable bonds is 10. The zero-order chi connectivity index (χ0) is 29.1. The summed E-state index contributed by atoms with van der Waals surface area (Å²) >= 11 is 17.2. The number of alkyl halides is 3. The van der Waals surface area contributed by atoms with Gasteiger partial charge in [0.05, 0.1) is 0 Å². The number of allylic oxidation sites excluding steroid dienone is 4. The average molecular weight is 691 g/mol. The molecule has 0 fully saturated rings. The summed E-state index contributed by atoms with van der Waals surface area (Å²) in [5.74, 6) is -0.660. The Balaban J connectivity index is 1.87. The standard InChI is InChI=1S/2C17H13O.CCl3.Pd/c2*18-17(13-11-15-7-3-1-4-8-15)14-12-16-9-5-2-6-10-16;2-1(3)4;/h2*1-13H;;. The van der Waals surface area contributed by atoms with Crippen LogP contribution in [0.1, 0.15) is 22.3 Å². The quantitative estimate of drug-likeness (QED) is 0.0944. The van der Waals surface area contributed by atoms with Crippen LogP contribution in [0.3, 0.4) is 0 Å². The first-order chi connectivity index (χ1) is 19.8. The second-order valence-corrected chi connectivity index (χ2v) is 16.1. The van der Waals surface area contributed by atoms with Crippen molar-refractivity contribution in [3.8, 4) is 0 Å². The Labute approximate surface area is 261 Å². The summed E-state index contributed by atoms with van der Waals surface area (Å²) in [4.78, 5) is 27.8. The minimum atomic E-state index is -2.83. The van der Waals surface area contributed by atoms with E-state index in [4.69, 9.17) is 34.8 Å². The van der Waals surface area contributed by atoms with Gasteiger partial charge in [-0.15, -0.1) is 0 Å². The van der Waals surface area contributed by atoms with Crippen molar-refractivity contribution < 1.29 is 26.3 Å². The van der Waals surface area contributed by atoms with Gasteiger partial charge in [0.1, 0.15) is 0 Å². The maximum atomic E-state index is 13.9. The molecule has 0 aliphatic carbocycles. The molecule has 4 aromatic rings. The molecule has 4 aromatic carbocycles. The van der Waals surface area contributed by atoms with E-state index in [0.29, 0.717) is 0 Å². The van der Waals surface area contributed by atoms with Gasteiger partial charge in [0.25, 0.3) is 0 Å². The van der Waals surface area contributed by atoms with Gasteiger partial charge in [-0.05, 0) is 0 Å². The van der Waals surface area contributed by atoms with Crippen LogP contribution in [0.25, 0.3) is 24.3 Å². The van der Waals surface area contributed by atoms with Crippen LogP contribution in [-0.2, 0) is 26.3 Å². The summed E-state index contributed by atoms with van der Waals surface area (Å²) in [5, 5.41) is 0. The molecule has 4 rings (SSSR count). The molecule has 0 radical (unpaired) electrons. The minimum absolute atomic E-state index is 0.290. The molecule has 41 heavy (non-hydrogen) atoms. The summed E-state index contributed by atoms with van der Waals surface area (Å²) < 4.78 is -1.34. The van der Waals surface area contributed by atoms with Gasteiger partial charge in [0, 0.05) is 0 Å². The van der Waals surface area contributed by atoms with E-state index in [2.05, 4.69) is 0 Å².